The van der Waals surface area contributed by atoms with Crippen molar-refractivity contribution in [3.05, 3.63) is 42.5 Å². The van der Waals surface area contributed by atoms with Gasteiger partial charge in [0.2, 0.25) is 0 Å². The molecule has 0 aliphatic carbocycles. The second-order valence-corrected chi connectivity index (χ2v) is 4.13. The van der Waals surface area contributed by atoms with Crippen molar-refractivity contribution in [2.75, 3.05) is 12.3 Å². The Morgan fingerprint density at radius 3 is 2.71 bits per heavy atom. The fraction of sp³-hybridized carbons (Fsp3) is 0.357. The molecule has 1 unspecified atom stereocenters. The molecule has 1 atom stereocenters. The third-order valence-electron chi connectivity index (χ3n) is 2.83. The topological polar surface area (TPSA) is 52.3 Å². The molecule has 0 spiro atoms. The minimum atomic E-state index is -0.761. The molecule has 0 aromatic heterocycles. The maximum Gasteiger partial charge on any atom is 0.316 e. The first kappa shape index (κ1) is 13.3. The van der Waals surface area contributed by atoms with E-state index in [4.69, 9.17) is 10.5 Å². The highest BCUT2D eigenvalue weighted by atomic mass is 16.5. The number of nitrogen functional groups attached to an aromatic ring is 1. The van der Waals surface area contributed by atoms with Crippen molar-refractivity contribution in [3.8, 4) is 0 Å². The molecule has 0 fully saturated rings. The van der Waals surface area contributed by atoms with Crippen LogP contribution in [0.15, 0.2) is 36.9 Å². The predicted molar refractivity (Wildman–Crippen MR) is 69.7 cm³/mol. The smallest absolute Gasteiger partial charge is 0.316 e. The maximum atomic E-state index is 12.1. The van der Waals surface area contributed by atoms with Crippen molar-refractivity contribution in [1.29, 1.82) is 0 Å². The maximum absolute atomic E-state index is 12.1. The lowest BCUT2D eigenvalue weighted by Gasteiger charge is -2.27. The number of hydrogen-bond donors (Lipinski definition) is 1. The molecule has 17 heavy (non-hydrogen) atoms. The summed E-state index contributed by atoms with van der Waals surface area (Å²) in [6.45, 7) is 7.68. The van der Waals surface area contributed by atoms with Gasteiger partial charge in [-0.15, -0.1) is 6.58 Å². The average Bonchev–Trinajstić information content (AvgIpc) is 2.30. The van der Waals surface area contributed by atoms with Crippen molar-refractivity contribution >= 4 is 11.7 Å². The lowest BCUT2D eigenvalue weighted by molar-refractivity contribution is -0.149. The summed E-state index contributed by atoms with van der Waals surface area (Å²) >= 11 is 0. The summed E-state index contributed by atoms with van der Waals surface area (Å²) in [5, 5.41) is 0. The van der Waals surface area contributed by atoms with E-state index < -0.39 is 5.41 Å². The van der Waals surface area contributed by atoms with E-state index in [2.05, 4.69) is 6.58 Å². The van der Waals surface area contributed by atoms with E-state index in [0.717, 1.165) is 5.56 Å². The van der Waals surface area contributed by atoms with Gasteiger partial charge in [-0.05, 0) is 31.9 Å². The molecule has 3 heteroatoms. The molecule has 0 bridgehead atoms. The zero-order chi connectivity index (χ0) is 12.9. The van der Waals surface area contributed by atoms with Crippen molar-refractivity contribution in [1.82, 2.24) is 0 Å². The van der Waals surface area contributed by atoms with E-state index in [0.29, 0.717) is 18.7 Å². The number of ether oxygens (including phenoxy) is 1. The fourth-order valence-electron chi connectivity index (χ4n) is 1.88. The molecule has 0 saturated carbocycles. The molecule has 1 aromatic carbocycles. The quantitative estimate of drug-likeness (QED) is 0.483. The summed E-state index contributed by atoms with van der Waals surface area (Å²) in [5.41, 5.74) is 6.56. The summed E-state index contributed by atoms with van der Waals surface area (Å²) in [6.07, 6.45) is 2.21. The van der Waals surface area contributed by atoms with Crippen LogP contribution in [-0.4, -0.2) is 12.6 Å². The number of nitrogens with two attached hydrogens (primary N) is 1. The van der Waals surface area contributed by atoms with Gasteiger partial charge in [-0.1, -0.05) is 24.3 Å². The molecule has 0 aliphatic heterocycles. The average molecular weight is 233 g/mol. The van der Waals surface area contributed by atoms with Crippen LogP contribution in [0.25, 0.3) is 0 Å². The number of para-hydroxylation sites is 1. The van der Waals surface area contributed by atoms with Gasteiger partial charge in [-0.3, -0.25) is 4.79 Å². The molecule has 1 aromatic rings. The second kappa shape index (κ2) is 5.53. The predicted octanol–water partition coefficient (Wildman–Crippen LogP) is 2.67. The monoisotopic (exact) mass is 233 g/mol. The number of carbonyl (C=O) groups is 1. The van der Waals surface area contributed by atoms with E-state index in [9.17, 15) is 4.79 Å². The van der Waals surface area contributed by atoms with Crippen LogP contribution >= 0.6 is 0 Å². The summed E-state index contributed by atoms with van der Waals surface area (Å²) in [6, 6.07) is 7.36. The molecule has 0 aliphatic rings. The standard InChI is InChI=1S/C14H19NO2/c1-4-10-14(3,13(16)17-5-2)11-8-6-7-9-12(11)15/h4,6-9H,1,5,10,15H2,2-3H3. The third-order valence-corrected chi connectivity index (χ3v) is 2.83. The summed E-state index contributed by atoms with van der Waals surface area (Å²) in [4.78, 5) is 12.1. The highest BCUT2D eigenvalue weighted by molar-refractivity contribution is 5.85. The number of anilines is 1. The first-order chi connectivity index (χ1) is 8.06. The van der Waals surface area contributed by atoms with Gasteiger partial charge in [0.05, 0.1) is 12.0 Å². The molecule has 0 radical (unpaired) electrons. The van der Waals surface area contributed by atoms with Crippen molar-refractivity contribution in [3.63, 3.8) is 0 Å². The van der Waals surface area contributed by atoms with Gasteiger partial charge in [0.1, 0.15) is 0 Å². The van der Waals surface area contributed by atoms with Crippen LogP contribution in [-0.2, 0) is 14.9 Å². The number of carbonyl (C=O) groups excluding carboxylic acids is 1. The number of allylic oxidation sites excluding steroid dienone is 1. The lowest BCUT2D eigenvalue weighted by atomic mass is 9.78. The molecule has 1 rings (SSSR count). The Labute approximate surface area is 102 Å². The zero-order valence-corrected chi connectivity index (χ0v) is 10.4. The summed E-state index contributed by atoms with van der Waals surface area (Å²) in [7, 11) is 0. The van der Waals surface area contributed by atoms with Gasteiger partial charge in [-0.25, -0.2) is 0 Å². The van der Waals surface area contributed by atoms with Gasteiger partial charge >= 0.3 is 5.97 Å². The Kier molecular flexibility index (Phi) is 4.32. The van der Waals surface area contributed by atoms with Gasteiger partial charge < -0.3 is 10.5 Å². The van der Waals surface area contributed by atoms with Gasteiger partial charge in [-0.2, -0.15) is 0 Å². The van der Waals surface area contributed by atoms with Crippen LogP contribution in [0.3, 0.4) is 0 Å². The van der Waals surface area contributed by atoms with E-state index >= 15 is 0 Å². The van der Waals surface area contributed by atoms with Crippen LogP contribution in [0.5, 0.6) is 0 Å². The van der Waals surface area contributed by atoms with E-state index in [-0.39, 0.29) is 5.97 Å². The van der Waals surface area contributed by atoms with Crippen molar-refractivity contribution in [2.24, 2.45) is 0 Å². The van der Waals surface area contributed by atoms with Crippen LogP contribution < -0.4 is 5.73 Å². The Bertz CT molecular complexity index is 414. The largest absolute Gasteiger partial charge is 0.465 e. The van der Waals surface area contributed by atoms with Gasteiger partial charge in [0.25, 0.3) is 0 Å². The summed E-state index contributed by atoms with van der Waals surface area (Å²) in [5.74, 6) is -0.266. The number of rotatable bonds is 5. The van der Waals surface area contributed by atoms with E-state index in [1.807, 2.05) is 25.1 Å². The van der Waals surface area contributed by atoms with Crippen molar-refractivity contribution < 1.29 is 9.53 Å². The molecule has 2 N–H and O–H groups in total. The Morgan fingerprint density at radius 2 is 2.18 bits per heavy atom. The lowest BCUT2D eigenvalue weighted by Crippen LogP contribution is -2.34. The Balaban J connectivity index is 3.20. The van der Waals surface area contributed by atoms with Crippen molar-refractivity contribution in [2.45, 2.75) is 25.7 Å². The second-order valence-electron chi connectivity index (χ2n) is 4.13. The summed E-state index contributed by atoms with van der Waals surface area (Å²) < 4.78 is 5.13. The Hall–Kier alpha value is -1.77. The third kappa shape index (κ3) is 2.67. The highest BCUT2D eigenvalue weighted by Gasteiger charge is 2.36. The van der Waals surface area contributed by atoms with E-state index in [1.54, 1.807) is 19.1 Å². The molecule has 0 amide bonds. The molecule has 0 saturated heterocycles. The number of hydrogen-bond acceptors (Lipinski definition) is 3. The zero-order valence-electron chi connectivity index (χ0n) is 10.4. The highest BCUT2D eigenvalue weighted by Crippen LogP contribution is 2.33. The number of benzene rings is 1. The first-order valence-corrected chi connectivity index (χ1v) is 5.69. The molecule has 0 heterocycles. The number of esters is 1. The normalized spacial score (nSPS) is 13.8. The molecule has 3 nitrogen and oxygen atoms in total. The van der Waals surface area contributed by atoms with E-state index in [1.165, 1.54) is 0 Å². The molecule has 92 valence electrons. The van der Waals surface area contributed by atoms with Crippen LogP contribution in [0.1, 0.15) is 25.8 Å². The fourth-order valence-corrected chi connectivity index (χ4v) is 1.88. The van der Waals surface area contributed by atoms with Crippen LogP contribution in [0.2, 0.25) is 0 Å². The Morgan fingerprint density at radius 1 is 1.53 bits per heavy atom. The molecular weight excluding hydrogens is 214 g/mol. The minimum absolute atomic E-state index is 0.266. The SMILES string of the molecule is C=CCC(C)(C(=O)OCC)c1ccccc1N. The van der Waals surface area contributed by atoms with Crippen LogP contribution in [0, 0.1) is 0 Å². The first-order valence-electron chi connectivity index (χ1n) is 5.69. The van der Waals surface area contributed by atoms with Crippen LogP contribution in [0.4, 0.5) is 5.69 Å². The minimum Gasteiger partial charge on any atom is -0.465 e. The van der Waals surface area contributed by atoms with Gasteiger partial charge in [0, 0.05) is 5.69 Å². The van der Waals surface area contributed by atoms with Gasteiger partial charge in [0.15, 0.2) is 0 Å². The molecular formula is C14H19NO2.